The van der Waals surface area contributed by atoms with Crippen LogP contribution >= 0.6 is 0 Å². The van der Waals surface area contributed by atoms with Gasteiger partial charge in [0.1, 0.15) is 5.69 Å². The lowest BCUT2D eigenvalue weighted by atomic mass is 10.2. The molecule has 0 N–H and O–H groups in total. The highest BCUT2D eigenvalue weighted by molar-refractivity contribution is 5.83. The minimum Gasteiger partial charge on any atom is -0.296 e. The largest absolute Gasteiger partial charge is 0.296 e. The first-order valence-corrected chi connectivity index (χ1v) is 4.06. The second kappa shape index (κ2) is 3.37. The fraction of sp³-hybridized carbons (Fsp3) is 0.111. The van der Waals surface area contributed by atoms with Gasteiger partial charge < -0.3 is 0 Å². The minimum atomic E-state index is 0.382. The van der Waals surface area contributed by atoms with Crippen molar-refractivity contribution in [1.29, 1.82) is 0 Å². The van der Waals surface area contributed by atoms with Crippen LogP contribution in [0.25, 0.3) is 11.3 Å². The molecule has 2 aromatic rings. The van der Waals surface area contributed by atoms with Crippen molar-refractivity contribution >= 4 is 6.29 Å². The highest BCUT2D eigenvalue weighted by Crippen LogP contribution is 2.17. The Kier molecular flexibility index (Phi) is 2.06. The molecule has 0 aliphatic carbocycles. The molecule has 0 aromatic carbocycles. The molecular weight excluding hydrogens is 180 g/mol. The molecular formula is C9H8N4O. The molecule has 2 rings (SSSR count). The summed E-state index contributed by atoms with van der Waals surface area (Å²) in [5.74, 6) is 0. The summed E-state index contributed by atoms with van der Waals surface area (Å²) < 4.78 is 1.58. The summed E-state index contributed by atoms with van der Waals surface area (Å²) in [7, 11) is 1.76. The monoisotopic (exact) mass is 188 g/mol. The van der Waals surface area contributed by atoms with E-state index in [0.29, 0.717) is 23.2 Å². The molecule has 0 atom stereocenters. The highest BCUT2D eigenvalue weighted by atomic mass is 16.1. The van der Waals surface area contributed by atoms with Gasteiger partial charge in [0.15, 0.2) is 6.29 Å². The van der Waals surface area contributed by atoms with Gasteiger partial charge >= 0.3 is 0 Å². The number of aromatic nitrogens is 4. The van der Waals surface area contributed by atoms with E-state index in [0.717, 1.165) is 0 Å². The van der Waals surface area contributed by atoms with Crippen LogP contribution in [0.15, 0.2) is 24.8 Å². The van der Waals surface area contributed by atoms with Gasteiger partial charge in [-0.15, -0.1) is 0 Å². The Hall–Kier alpha value is -2.04. The average molecular weight is 188 g/mol. The van der Waals surface area contributed by atoms with Crippen molar-refractivity contribution in [3.8, 4) is 11.3 Å². The Bertz CT molecular complexity index is 449. The van der Waals surface area contributed by atoms with Crippen molar-refractivity contribution in [3.05, 3.63) is 30.5 Å². The third-order valence-corrected chi connectivity index (χ3v) is 1.81. The fourth-order valence-electron chi connectivity index (χ4n) is 1.23. The second-order valence-electron chi connectivity index (χ2n) is 2.81. The molecule has 70 valence electrons. The van der Waals surface area contributed by atoms with Gasteiger partial charge in [0, 0.05) is 25.6 Å². The Balaban J connectivity index is 2.56. The van der Waals surface area contributed by atoms with Crippen molar-refractivity contribution in [2.24, 2.45) is 7.05 Å². The SMILES string of the molecule is Cn1cc(-c2cnccn2)c(C=O)n1. The van der Waals surface area contributed by atoms with Crippen molar-refractivity contribution in [2.45, 2.75) is 0 Å². The van der Waals surface area contributed by atoms with E-state index in [-0.39, 0.29) is 0 Å². The molecule has 14 heavy (non-hydrogen) atoms. The van der Waals surface area contributed by atoms with E-state index in [1.54, 1.807) is 36.5 Å². The molecule has 0 aliphatic rings. The predicted molar refractivity (Wildman–Crippen MR) is 49.6 cm³/mol. The number of hydrogen-bond acceptors (Lipinski definition) is 4. The second-order valence-corrected chi connectivity index (χ2v) is 2.81. The standard InChI is InChI=1S/C9H8N4O/c1-13-5-7(9(6-14)12-13)8-4-10-2-3-11-8/h2-6H,1H3. The first kappa shape index (κ1) is 8.55. The zero-order valence-corrected chi connectivity index (χ0v) is 7.58. The predicted octanol–water partition coefficient (Wildman–Crippen LogP) is 0.690. The van der Waals surface area contributed by atoms with E-state index in [2.05, 4.69) is 15.1 Å². The van der Waals surface area contributed by atoms with Gasteiger partial charge in [0.25, 0.3) is 0 Å². The molecule has 2 heterocycles. The number of carbonyl (C=O) groups is 1. The normalized spacial score (nSPS) is 10.1. The summed E-state index contributed by atoms with van der Waals surface area (Å²) in [6, 6.07) is 0. The summed E-state index contributed by atoms with van der Waals surface area (Å²) >= 11 is 0. The fourth-order valence-corrected chi connectivity index (χ4v) is 1.23. The summed E-state index contributed by atoms with van der Waals surface area (Å²) in [5, 5.41) is 3.99. The number of rotatable bonds is 2. The van der Waals surface area contributed by atoms with Gasteiger partial charge in [-0.25, -0.2) is 0 Å². The molecule has 0 amide bonds. The van der Waals surface area contributed by atoms with Crippen LogP contribution in [-0.4, -0.2) is 26.0 Å². The molecule has 0 radical (unpaired) electrons. The van der Waals surface area contributed by atoms with Crippen molar-refractivity contribution in [3.63, 3.8) is 0 Å². The first-order chi connectivity index (χ1) is 6.81. The maximum absolute atomic E-state index is 10.7. The van der Waals surface area contributed by atoms with E-state index >= 15 is 0 Å². The van der Waals surface area contributed by atoms with Gasteiger partial charge in [0.05, 0.1) is 17.5 Å². The van der Waals surface area contributed by atoms with Crippen LogP contribution in [0.4, 0.5) is 0 Å². The third kappa shape index (κ3) is 1.39. The van der Waals surface area contributed by atoms with Crippen molar-refractivity contribution in [2.75, 3.05) is 0 Å². The lowest BCUT2D eigenvalue weighted by molar-refractivity contribution is 0.111. The third-order valence-electron chi connectivity index (χ3n) is 1.81. The Labute approximate surface area is 80.4 Å². The Morgan fingerprint density at radius 3 is 2.93 bits per heavy atom. The molecule has 5 nitrogen and oxygen atoms in total. The lowest BCUT2D eigenvalue weighted by Gasteiger charge is -1.93. The van der Waals surface area contributed by atoms with E-state index in [4.69, 9.17) is 0 Å². The van der Waals surface area contributed by atoms with Crippen LogP contribution in [0.1, 0.15) is 10.5 Å². The number of carbonyl (C=O) groups excluding carboxylic acids is 1. The number of nitrogens with zero attached hydrogens (tertiary/aromatic N) is 4. The van der Waals surface area contributed by atoms with Crippen molar-refractivity contribution < 1.29 is 4.79 Å². The van der Waals surface area contributed by atoms with Gasteiger partial charge in [0.2, 0.25) is 0 Å². The van der Waals surface area contributed by atoms with Gasteiger partial charge in [-0.1, -0.05) is 0 Å². The van der Waals surface area contributed by atoms with E-state index in [1.165, 1.54) is 0 Å². The van der Waals surface area contributed by atoms with Gasteiger partial charge in [-0.05, 0) is 0 Å². The first-order valence-electron chi connectivity index (χ1n) is 4.06. The maximum Gasteiger partial charge on any atom is 0.171 e. The van der Waals surface area contributed by atoms with Crippen molar-refractivity contribution in [1.82, 2.24) is 19.7 Å². The lowest BCUT2D eigenvalue weighted by Crippen LogP contribution is -1.89. The quantitative estimate of drug-likeness (QED) is 0.650. The van der Waals surface area contributed by atoms with Crippen LogP contribution in [0.2, 0.25) is 0 Å². The van der Waals surface area contributed by atoms with Crippen LogP contribution in [0.3, 0.4) is 0 Å². The smallest absolute Gasteiger partial charge is 0.171 e. The molecule has 0 fully saturated rings. The molecule has 0 saturated carbocycles. The molecule has 0 aliphatic heterocycles. The minimum absolute atomic E-state index is 0.382. The molecule has 0 bridgehead atoms. The van der Waals surface area contributed by atoms with E-state index < -0.39 is 0 Å². The van der Waals surface area contributed by atoms with Gasteiger partial charge in [-0.3, -0.25) is 19.4 Å². The molecule has 5 heteroatoms. The summed E-state index contributed by atoms with van der Waals surface area (Å²) in [6.07, 6.45) is 7.22. The van der Waals surface area contributed by atoms with Crippen LogP contribution in [-0.2, 0) is 7.05 Å². The average Bonchev–Trinajstić information content (AvgIpc) is 2.61. The number of hydrogen-bond donors (Lipinski definition) is 0. The Morgan fingerprint density at radius 2 is 2.29 bits per heavy atom. The molecule has 0 unspecified atom stereocenters. The van der Waals surface area contributed by atoms with Gasteiger partial charge in [-0.2, -0.15) is 5.10 Å². The number of aryl methyl sites for hydroxylation is 1. The van der Waals surface area contributed by atoms with Crippen LogP contribution < -0.4 is 0 Å². The molecule has 2 aromatic heterocycles. The maximum atomic E-state index is 10.7. The summed E-state index contributed by atoms with van der Waals surface area (Å²) in [5.41, 5.74) is 1.74. The number of aldehydes is 1. The van der Waals surface area contributed by atoms with E-state index in [9.17, 15) is 4.79 Å². The van der Waals surface area contributed by atoms with Crippen LogP contribution in [0, 0.1) is 0 Å². The zero-order chi connectivity index (χ0) is 9.97. The summed E-state index contributed by atoms with van der Waals surface area (Å²) in [6.45, 7) is 0. The molecule has 0 saturated heterocycles. The highest BCUT2D eigenvalue weighted by Gasteiger charge is 2.09. The zero-order valence-electron chi connectivity index (χ0n) is 7.58. The topological polar surface area (TPSA) is 60.7 Å². The molecule has 0 spiro atoms. The Morgan fingerprint density at radius 1 is 1.43 bits per heavy atom. The van der Waals surface area contributed by atoms with E-state index in [1.807, 2.05) is 0 Å². The van der Waals surface area contributed by atoms with Crippen LogP contribution in [0.5, 0.6) is 0 Å². The summed E-state index contributed by atoms with van der Waals surface area (Å²) in [4.78, 5) is 18.7.